The van der Waals surface area contributed by atoms with E-state index in [-0.39, 0.29) is 22.6 Å². The second kappa shape index (κ2) is 9.63. The number of amides is 2. The van der Waals surface area contributed by atoms with Gasteiger partial charge in [0.25, 0.3) is 15.9 Å². The SMILES string of the molecule is COC(=O)c1cc(S(=O)(=O)N2CC(=O)NC/C(=C\c3cc(Cl)ccc3OC)C2=O)ccc1C. The molecule has 174 valence electrons. The number of hydrogen-bond acceptors (Lipinski definition) is 7. The number of nitrogens with zero attached hydrogens (tertiary/aromatic N) is 1. The summed E-state index contributed by atoms with van der Waals surface area (Å²) in [5, 5.41) is 2.90. The maximum absolute atomic E-state index is 13.3. The standard InChI is InChI=1S/C22H21ClN2O7S/c1-13-4-6-17(10-18(13)22(28)32-3)33(29,30)25-12-20(26)24-11-15(21(25)27)8-14-9-16(23)5-7-19(14)31-2/h4-10H,11-12H2,1-3H3,(H,24,26)/b15-8+. The zero-order valence-electron chi connectivity index (χ0n) is 18.0. The Hall–Kier alpha value is -3.37. The number of sulfonamides is 1. The molecule has 0 spiro atoms. The van der Waals surface area contributed by atoms with Crippen LogP contribution < -0.4 is 10.1 Å². The molecule has 3 rings (SSSR count). The lowest BCUT2D eigenvalue weighted by Gasteiger charge is -2.20. The van der Waals surface area contributed by atoms with Gasteiger partial charge in [0.1, 0.15) is 12.3 Å². The summed E-state index contributed by atoms with van der Waals surface area (Å²) in [6, 6.07) is 8.56. The minimum absolute atomic E-state index is 0.00490. The van der Waals surface area contributed by atoms with E-state index in [9.17, 15) is 22.8 Å². The van der Waals surface area contributed by atoms with Crippen molar-refractivity contribution in [2.24, 2.45) is 0 Å². The highest BCUT2D eigenvalue weighted by molar-refractivity contribution is 7.89. The Morgan fingerprint density at radius 1 is 1.15 bits per heavy atom. The van der Waals surface area contributed by atoms with Gasteiger partial charge in [0.05, 0.1) is 24.7 Å². The first-order valence-corrected chi connectivity index (χ1v) is 11.5. The predicted octanol–water partition coefficient (Wildman–Crippen LogP) is 2.17. The van der Waals surface area contributed by atoms with Crippen LogP contribution >= 0.6 is 11.6 Å². The fourth-order valence-corrected chi connectivity index (χ4v) is 4.78. The average molecular weight is 493 g/mol. The van der Waals surface area contributed by atoms with Gasteiger partial charge in [0.2, 0.25) is 5.91 Å². The van der Waals surface area contributed by atoms with Crippen LogP contribution in [-0.2, 0) is 24.3 Å². The van der Waals surface area contributed by atoms with Crippen molar-refractivity contribution in [3.8, 4) is 5.75 Å². The van der Waals surface area contributed by atoms with Gasteiger partial charge in [-0.2, -0.15) is 0 Å². The van der Waals surface area contributed by atoms with Crippen molar-refractivity contribution in [3.63, 3.8) is 0 Å². The number of esters is 1. The van der Waals surface area contributed by atoms with E-state index in [0.717, 1.165) is 6.07 Å². The lowest BCUT2D eigenvalue weighted by Crippen LogP contribution is -2.40. The first kappa shape index (κ1) is 24.3. The van der Waals surface area contributed by atoms with Crippen LogP contribution in [0.2, 0.25) is 5.02 Å². The number of carbonyl (C=O) groups excluding carboxylic acids is 3. The van der Waals surface area contributed by atoms with Crippen molar-refractivity contribution in [3.05, 3.63) is 63.7 Å². The highest BCUT2D eigenvalue weighted by atomic mass is 35.5. The minimum Gasteiger partial charge on any atom is -0.496 e. The van der Waals surface area contributed by atoms with Crippen LogP contribution in [0.3, 0.4) is 0 Å². The van der Waals surface area contributed by atoms with Gasteiger partial charge in [0.15, 0.2) is 0 Å². The number of rotatable bonds is 5. The van der Waals surface area contributed by atoms with Gasteiger partial charge in [-0.3, -0.25) is 9.59 Å². The third kappa shape index (κ3) is 5.01. The molecule has 0 bridgehead atoms. The van der Waals surface area contributed by atoms with Crippen LogP contribution in [0.15, 0.2) is 46.9 Å². The molecule has 1 aliphatic rings. The van der Waals surface area contributed by atoms with Gasteiger partial charge >= 0.3 is 5.97 Å². The first-order valence-electron chi connectivity index (χ1n) is 9.65. The van der Waals surface area contributed by atoms with E-state index in [1.165, 1.54) is 32.4 Å². The van der Waals surface area contributed by atoms with Crippen LogP contribution in [0.4, 0.5) is 0 Å². The highest BCUT2D eigenvalue weighted by Crippen LogP contribution is 2.27. The third-order valence-electron chi connectivity index (χ3n) is 4.99. The van der Waals surface area contributed by atoms with Crippen LogP contribution in [0.1, 0.15) is 21.5 Å². The second-order valence-electron chi connectivity index (χ2n) is 7.12. The molecule has 0 aromatic heterocycles. The lowest BCUT2D eigenvalue weighted by molar-refractivity contribution is -0.127. The predicted molar refractivity (Wildman–Crippen MR) is 120 cm³/mol. The van der Waals surface area contributed by atoms with Crippen molar-refractivity contribution in [2.45, 2.75) is 11.8 Å². The summed E-state index contributed by atoms with van der Waals surface area (Å²) in [5.41, 5.74) is 0.967. The van der Waals surface area contributed by atoms with Crippen molar-refractivity contribution in [2.75, 3.05) is 27.3 Å². The smallest absolute Gasteiger partial charge is 0.338 e. The molecule has 1 fully saturated rings. The Morgan fingerprint density at radius 3 is 2.55 bits per heavy atom. The summed E-state index contributed by atoms with van der Waals surface area (Å²) in [6.07, 6.45) is 1.41. The molecule has 2 aromatic rings. The molecule has 1 aliphatic heterocycles. The summed E-state index contributed by atoms with van der Waals surface area (Å²) in [7, 11) is -1.87. The van der Waals surface area contributed by atoms with E-state index in [0.29, 0.717) is 26.2 Å². The summed E-state index contributed by atoms with van der Waals surface area (Å²) in [6.45, 7) is 0.708. The van der Waals surface area contributed by atoms with Gasteiger partial charge in [-0.15, -0.1) is 0 Å². The van der Waals surface area contributed by atoms with E-state index < -0.39 is 34.4 Å². The van der Waals surface area contributed by atoms with E-state index in [4.69, 9.17) is 21.1 Å². The Balaban J connectivity index is 2.09. The van der Waals surface area contributed by atoms with Crippen LogP contribution in [0, 0.1) is 6.92 Å². The van der Waals surface area contributed by atoms with Gasteiger partial charge in [-0.05, 0) is 48.9 Å². The van der Waals surface area contributed by atoms with Gasteiger partial charge < -0.3 is 14.8 Å². The number of hydrogen-bond donors (Lipinski definition) is 1. The molecule has 11 heteroatoms. The molecule has 0 unspecified atom stereocenters. The van der Waals surface area contributed by atoms with Crippen molar-refractivity contribution in [1.29, 1.82) is 0 Å². The second-order valence-corrected chi connectivity index (χ2v) is 9.42. The van der Waals surface area contributed by atoms with Crippen molar-refractivity contribution >= 4 is 45.5 Å². The third-order valence-corrected chi connectivity index (χ3v) is 6.95. The van der Waals surface area contributed by atoms with E-state index >= 15 is 0 Å². The molecule has 33 heavy (non-hydrogen) atoms. The number of methoxy groups -OCH3 is 2. The van der Waals surface area contributed by atoms with Gasteiger partial charge in [-0.25, -0.2) is 17.5 Å². The molecule has 9 nitrogen and oxygen atoms in total. The Bertz CT molecular complexity index is 1270. The summed E-state index contributed by atoms with van der Waals surface area (Å²) < 4.78 is 37.1. The number of halogens is 1. The Kier molecular flexibility index (Phi) is 7.09. The lowest BCUT2D eigenvalue weighted by atomic mass is 10.1. The van der Waals surface area contributed by atoms with E-state index in [1.54, 1.807) is 25.1 Å². The van der Waals surface area contributed by atoms with Crippen molar-refractivity contribution in [1.82, 2.24) is 9.62 Å². The maximum atomic E-state index is 13.3. The molecule has 0 radical (unpaired) electrons. The summed E-state index contributed by atoms with van der Waals surface area (Å²) in [5.74, 6) is -1.87. The largest absolute Gasteiger partial charge is 0.496 e. The number of aryl methyl sites for hydroxylation is 1. The molecule has 0 saturated carbocycles. The molecule has 0 aliphatic carbocycles. The fourth-order valence-electron chi connectivity index (χ4n) is 3.22. The minimum atomic E-state index is -4.48. The molecular weight excluding hydrogens is 472 g/mol. The molecule has 2 aromatic carbocycles. The molecule has 1 saturated heterocycles. The molecule has 0 atom stereocenters. The van der Waals surface area contributed by atoms with Gasteiger partial charge in [0, 0.05) is 22.7 Å². The van der Waals surface area contributed by atoms with E-state index in [2.05, 4.69) is 5.32 Å². The number of ether oxygens (including phenoxy) is 2. The van der Waals surface area contributed by atoms with Crippen molar-refractivity contribution < 1.29 is 32.3 Å². The van der Waals surface area contributed by atoms with Gasteiger partial charge in [-0.1, -0.05) is 17.7 Å². The van der Waals surface area contributed by atoms with Crippen LogP contribution in [0.5, 0.6) is 5.75 Å². The zero-order chi connectivity index (χ0) is 24.3. The fraction of sp³-hybridized carbons (Fsp3) is 0.227. The summed E-state index contributed by atoms with van der Waals surface area (Å²) in [4.78, 5) is 37.2. The normalized spacial score (nSPS) is 15.8. The molecule has 2 amide bonds. The molecule has 1 N–H and O–H groups in total. The maximum Gasteiger partial charge on any atom is 0.338 e. The Morgan fingerprint density at radius 2 is 1.88 bits per heavy atom. The quantitative estimate of drug-likeness (QED) is 0.501. The van der Waals surface area contributed by atoms with Crippen LogP contribution in [0.25, 0.3) is 6.08 Å². The number of nitrogens with one attached hydrogen (secondary N) is 1. The highest BCUT2D eigenvalue weighted by Gasteiger charge is 2.36. The first-order chi connectivity index (χ1) is 15.6. The topological polar surface area (TPSA) is 119 Å². The summed E-state index contributed by atoms with van der Waals surface area (Å²) >= 11 is 6.05. The van der Waals surface area contributed by atoms with E-state index in [1.807, 2.05) is 0 Å². The average Bonchev–Trinajstić information content (AvgIpc) is 2.92. The number of benzene rings is 2. The molecule has 1 heterocycles. The monoisotopic (exact) mass is 492 g/mol. The molecular formula is C22H21ClN2O7S. The van der Waals surface area contributed by atoms with Crippen LogP contribution in [-0.4, -0.2) is 57.8 Å². The Labute approximate surface area is 196 Å². The number of carbonyl (C=O) groups is 3. The zero-order valence-corrected chi connectivity index (χ0v) is 19.6.